The Morgan fingerprint density at radius 1 is 1.14 bits per heavy atom. The van der Waals surface area contributed by atoms with Crippen LogP contribution in [0.5, 0.6) is 0 Å². The maximum absolute atomic E-state index is 12.5. The van der Waals surface area contributed by atoms with Crippen molar-refractivity contribution in [1.82, 2.24) is 0 Å². The van der Waals surface area contributed by atoms with Crippen LogP contribution in [-0.4, -0.2) is 5.78 Å². The highest BCUT2D eigenvalue weighted by Gasteiger charge is 2.18. The molecule has 2 nitrogen and oxygen atoms in total. The summed E-state index contributed by atoms with van der Waals surface area (Å²) in [4.78, 5) is 12.5. The molecule has 0 aliphatic carbocycles. The summed E-state index contributed by atoms with van der Waals surface area (Å²) in [5.74, 6) is -0.00110. The number of ketones is 1. The Bertz CT molecular complexity index is 868. The second kappa shape index (κ2) is 5.48. The largest absolute Gasteiger partial charge is 0.452 e. The minimum Gasteiger partial charge on any atom is -0.452 e. The lowest BCUT2D eigenvalue weighted by Crippen LogP contribution is -2.00. The third kappa shape index (κ3) is 2.73. The van der Waals surface area contributed by atoms with Gasteiger partial charge in [0.15, 0.2) is 5.76 Å². The lowest BCUT2D eigenvalue weighted by Gasteiger charge is -2.01. The molecule has 0 radical (unpaired) electrons. The Morgan fingerprint density at radius 2 is 1.90 bits per heavy atom. The van der Waals surface area contributed by atoms with E-state index in [0.29, 0.717) is 21.2 Å². The van der Waals surface area contributed by atoms with Gasteiger partial charge in [0, 0.05) is 20.4 Å². The van der Waals surface area contributed by atoms with Gasteiger partial charge in [-0.15, -0.1) is 0 Å². The Hall–Kier alpha value is -1.29. The Morgan fingerprint density at radius 3 is 2.62 bits per heavy atom. The first-order valence-electron chi connectivity index (χ1n) is 6.15. The lowest BCUT2D eigenvalue weighted by molar-refractivity contribution is 0.101. The summed E-state index contributed by atoms with van der Waals surface area (Å²) in [7, 11) is 0. The summed E-state index contributed by atoms with van der Waals surface area (Å²) in [6, 6.07) is 10.3. The fraction of sp³-hybridized carbons (Fsp3) is 0.0625. The highest BCUT2D eigenvalue weighted by atomic mass is 79.9. The summed E-state index contributed by atoms with van der Waals surface area (Å²) < 4.78 is 6.63. The standard InChI is InChI=1S/C16H9BrCl2O2/c1-8-4-10(17)5-9-6-14(21-16(8)9)15(20)12-3-2-11(18)7-13(12)19/h2-7H,1H3. The molecule has 3 rings (SSSR count). The molecule has 5 heteroatoms. The van der Waals surface area contributed by atoms with Gasteiger partial charge in [-0.25, -0.2) is 0 Å². The van der Waals surface area contributed by atoms with Crippen LogP contribution in [0.25, 0.3) is 11.0 Å². The van der Waals surface area contributed by atoms with E-state index in [1.165, 1.54) is 0 Å². The van der Waals surface area contributed by atoms with E-state index in [4.69, 9.17) is 27.6 Å². The zero-order valence-electron chi connectivity index (χ0n) is 10.9. The predicted molar refractivity (Wildman–Crippen MR) is 88.5 cm³/mol. The number of halogens is 3. The van der Waals surface area contributed by atoms with Gasteiger partial charge in [-0.05, 0) is 48.9 Å². The minimum absolute atomic E-state index is 0.260. The van der Waals surface area contributed by atoms with Gasteiger partial charge in [0.1, 0.15) is 5.58 Å². The number of hydrogen-bond donors (Lipinski definition) is 0. The number of carbonyl (C=O) groups is 1. The Kier molecular flexibility index (Phi) is 3.82. The molecule has 0 amide bonds. The smallest absolute Gasteiger partial charge is 0.229 e. The molecule has 1 heterocycles. The second-order valence-corrected chi connectivity index (χ2v) is 6.46. The van der Waals surface area contributed by atoms with Gasteiger partial charge in [-0.3, -0.25) is 4.79 Å². The summed E-state index contributed by atoms with van der Waals surface area (Å²) in [5, 5.41) is 1.67. The highest BCUT2D eigenvalue weighted by Crippen LogP contribution is 2.30. The maximum Gasteiger partial charge on any atom is 0.229 e. The molecule has 0 spiro atoms. The first-order chi connectivity index (χ1) is 9.95. The van der Waals surface area contributed by atoms with E-state index in [-0.39, 0.29) is 11.5 Å². The molecule has 0 saturated heterocycles. The number of furan rings is 1. The highest BCUT2D eigenvalue weighted by molar-refractivity contribution is 9.10. The van der Waals surface area contributed by atoms with Crippen molar-refractivity contribution in [2.24, 2.45) is 0 Å². The van der Waals surface area contributed by atoms with Crippen molar-refractivity contribution >= 4 is 55.9 Å². The monoisotopic (exact) mass is 382 g/mol. The molecule has 0 atom stereocenters. The van der Waals surface area contributed by atoms with Gasteiger partial charge >= 0.3 is 0 Å². The van der Waals surface area contributed by atoms with Gasteiger partial charge in [0.2, 0.25) is 5.78 Å². The van der Waals surface area contributed by atoms with Crippen LogP contribution in [0.3, 0.4) is 0 Å². The maximum atomic E-state index is 12.5. The molecule has 106 valence electrons. The molecule has 0 unspecified atom stereocenters. The van der Waals surface area contributed by atoms with E-state index in [9.17, 15) is 4.79 Å². The average Bonchev–Trinajstić information content (AvgIpc) is 2.82. The van der Waals surface area contributed by atoms with E-state index in [2.05, 4.69) is 15.9 Å². The Balaban J connectivity index is 2.11. The number of benzene rings is 2. The van der Waals surface area contributed by atoms with Crippen LogP contribution in [0.15, 0.2) is 45.3 Å². The molecule has 0 N–H and O–H groups in total. The van der Waals surface area contributed by atoms with E-state index in [1.807, 2.05) is 19.1 Å². The molecule has 1 aromatic heterocycles. The summed E-state index contributed by atoms with van der Waals surface area (Å²) >= 11 is 15.4. The van der Waals surface area contributed by atoms with E-state index in [1.54, 1.807) is 24.3 Å². The molecule has 3 aromatic rings. The van der Waals surface area contributed by atoms with Gasteiger partial charge in [-0.1, -0.05) is 39.1 Å². The van der Waals surface area contributed by atoms with Crippen LogP contribution in [0.2, 0.25) is 10.0 Å². The van der Waals surface area contributed by atoms with Crippen LogP contribution in [0, 0.1) is 6.92 Å². The van der Waals surface area contributed by atoms with Crippen molar-refractivity contribution in [3.05, 3.63) is 67.8 Å². The molecule has 0 aliphatic rings. The number of hydrogen-bond acceptors (Lipinski definition) is 2. The zero-order chi connectivity index (χ0) is 15.1. The fourth-order valence-electron chi connectivity index (χ4n) is 2.20. The van der Waals surface area contributed by atoms with Gasteiger partial charge < -0.3 is 4.42 Å². The van der Waals surface area contributed by atoms with Crippen LogP contribution in [0.1, 0.15) is 21.7 Å². The topological polar surface area (TPSA) is 30.2 Å². The van der Waals surface area contributed by atoms with Crippen LogP contribution in [-0.2, 0) is 0 Å². The zero-order valence-corrected chi connectivity index (χ0v) is 14.0. The summed E-state index contributed by atoms with van der Waals surface area (Å²) in [6.07, 6.45) is 0. The quantitative estimate of drug-likeness (QED) is 0.505. The normalized spacial score (nSPS) is 11.0. The van der Waals surface area contributed by atoms with Crippen molar-refractivity contribution in [1.29, 1.82) is 0 Å². The van der Waals surface area contributed by atoms with Gasteiger partial charge in [0.25, 0.3) is 0 Å². The van der Waals surface area contributed by atoms with Crippen molar-refractivity contribution in [3.63, 3.8) is 0 Å². The molecular formula is C16H9BrCl2O2. The molecule has 2 aromatic carbocycles. The summed E-state index contributed by atoms with van der Waals surface area (Å²) in [5.41, 5.74) is 2.03. The van der Waals surface area contributed by atoms with Crippen molar-refractivity contribution < 1.29 is 9.21 Å². The van der Waals surface area contributed by atoms with Crippen molar-refractivity contribution in [3.8, 4) is 0 Å². The third-order valence-corrected chi connectivity index (χ3v) is 4.17. The molecule has 21 heavy (non-hydrogen) atoms. The van der Waals surface area contributed by atoms with Gasteiger partial charge in [-0.2, -0.15) is 0 Å². The Labute approximate surface area is 139 Å². The van der Waals surface area contributed by atoms with Crippen LogP contribution in [0.4, 0.5) is 0 Å². The van der Waals surface area contributed by atoms with E-state index >= 15 is 0 Å². The predicted octanol–water partition coefficient (Wildman–Crippen LogP) is 6.04. The SMILES string of the molecule is Cc1cc(Br)cc2cc(C(=O)c3ccc(Cl)cc3Cl)oc12. The number of fused-ring (bicyclic) bond motifs is 1. The molecule has 0 aliphatic heterocycles. The molecule has 0 bridgehead atoms. The van der Waals surface area contributed by atoms with Crippen LogP contribution >= 0.6 is 39.1 Å². The average molecular weight is 384 g/mol. The first kappa shape index (κ1) is 14.6. The third-order valence-electron chi connectivity index (χ3n) is 3.17. The van der Waals surface area contributed by atoms with E-state index in [0.717, 1.165) is 15.4 Å². The molecule has 0 fully saturated rings. The van der Waals surface area contributed by atoms with Crippen molar-refractivity contribution in [2.45, 2.75) is 6.92 Å². The number of rotatable bonds is 2. The number of aryl methyl sites for hydroxylation is 1. The second-order valence-electron chi connectivity index (χ2n) is 4.70. The molecular weight excluding hydrogens is 375 g/mol. The first-order valence-corrected chi connectivity index (χ1v) is 7.70. The minimum atomic E-state index is -0.261. The summed E-state index contributed by atoms with van der Waals surface area (Å²) in [6.45, 7) is 1.93. The lowest BCUT2D eigenvalue weighted by atomic mass is 10.1. The van der Waals surface area contributed by atoms with Gasteiger partial charge in [0.05, 0.1) is 5.02 Å². The van der Waals surface area contributed by atoms with E-state index < -0.39 is 0 Å². The fourth-order valence-corrected chi connectivity index (χ4v) is 3.29. The molecule has 0 saturated carbocycles. The number of carbonyl (C=O) groups excluding carboxylic acids is 1. The van der Waals surface area contributed by atoms with Crippen molar-refractivity contribution in [2.75, 3.05) is 0 Å². The van der Waals surface area contributed by atoms with Crippen LogP contribution < -0.4 is 0 Å².